The van der Waals surface area contributed by atoms with Gasteiger partial charge in [0.05, 0.1) is 19.3 Å². The molecule has 66 valence electrons. The van der Waals surface area contributed by atoms with E-state index in [-0.39, 0.29) is 0 Å². The summed E-state index contributed by atoms with van der Waals surface area (Å²) in [5.74, 6) is 0. The Morgan fingerprint density at radius 2 is 2.45 bits per heavy atom. The average molecular weight is 178 g/mol. The molecular weight excluding hydrogens is 163 g/mol. The molecule has 0 aromatic heterocycles. The monoisotopic (exact) mass is 178 g/mol. The van der Waals surface area contributed by atoms with Crippen molar-refractivity contribution >= 4 is 8.60 Å². The Morgan fingerprint density at radius 1 is 1.64 bits per heavy atom. The van der Waals surface area contributed by atoms with Crippen LogP contribution in [0.3, 0.4) is 0 Å². The molecule has 0 spiro atoms. The van der Waals surface area contributed by atoms with Gasteiger partial charge in [-0.15, -0.1) is 0 Å². The lowest BCUT2D eigenvalue weighted by Gasteiger charge is -2.25. The largest absolute Gasteiger partial charge is 0.332 e. The Hall–Kier alpha value is 0.310. The second kappa shape index (κ2) is 5.04. The van der Waals surface area contributed by atoms with E-state index in [1.807, 2.05) is 6.92 Å². The topological polar surface area (TPSA) is 27.7 Å². The zero-order valence-electron chi connectivity index (χ0n) is 7.08. The first kappa shape index (κ1) is 9.40. The van der Waals surface area contributed by atoms with Crippen LogP contribution in [0.4, 0.5) is 0 Å². The van der Waals surface area contributed by atoms with Crippen LogP contribution in [0, 0.1) is 0 Å². The van der Waals surface area contributed by atoms with Gasteiger partial charge in [0.1, 0.15) is 0 Å². The fraction of sp³-hybridized carbons (Fsp3) is 1.00. The Kier molecular flexibility index (Phi) is 4.31. The molecule has 0 N–H and O–H groups in total. The van der Waals surface area contributed by atoms with Crippen LogP contribution in [0.2, 0.25) is 0 Å². The van der Waals surface area contributed by atoms with Crippen LogP contribution in [-0.4, -0.2) is 19.3 Å². The minimum absolute atomic E-state index is 0.298. The van der Waals surface area contributed by atoms with E-state index in [1.165, 1.54) is 0 Å². The minimum Gasteiger partial charge on any atom is -0.312 e. The van der Waals surface area contributed by atoms with Crippen LogP contribution in [0.5, 0.6) is 0 Å². The van der Waals surface area contributed by atoms with Crippen LogP contribution in [0.1, 0.15) is 26.7 Å². The summed E-state index contributed by atoms with van der Waals surface area (Å²) in [6.45, 7) is 5.63. The summed E-state index contributed by atoms with van der Waals surface area (Å²) < 4.78 is 16.0. The normalized spacial score (nSPS) is 32.2. The highest BCUT2D eigenvalue weighted by Crippen LogP contribution is 2.44. The van der Waals surface area contributed by atoms with Crippen LogP contribution in [-0.2, 0) is 13.6 Å². The van der Waals surface area contributed by atoms with Gasteiger partial charge in [0, 0.05) is 0 Å². The van der Waals surface area contributed by atoms with E-state index < -0.39 is 8.60 Å². The summed E-state index contributed by atoms with van der Waals surface area (Å²) in [6.07, 6.45) is 2.29. The summed E-state index contributed by atoms with van der Waals surface area (Å²) in [5.41, 5.74) is 0. The van der Waals surface area contributed by atoms with Crippen molar-refractivity contribution in [3.8, 4) is 0 Å². The van der Waals surface area contributed by atoms with Gasteiger partial charge in [0.25, 0.3) is 0 Å². The van der Waals surface area contributed by atoms with Gasteiger partial charge in [-0.25, -0.2) is 0 Å². The van der Waals surface area contributed by atoms with Gasteiger partial charge in [-0.1, -0.05) is 6.92 Å². The smallest absolute Gasteiger partial charge is 0.312 e. The molecule has 1 aliphatic rings. The van der Waals surface area contributed by atoms with Gasteiger partial charge in [0.2, 0.25) is 0 Å². The Morgan fingerprint density at radius 3 is 3.09 bits per heavy atom. The molecule has 4 heteroatoms. The predicted octanol–water partition coefficient (Wildman–Crippen LogP) is 2.47. The van der Waals surface area contributed by atoms with E-state index in [0.29, 0.717) is 6.10 Å². The van der Waals surface area contributed by atoms with Crippen molar-refractivity contribution in [2.75, 3.05) is 13.2 Å². The number of hydrogen-bond donors (Lipinski definition) is 0. The minimum atomic E-state index is -1.02. The fourth-order valence-electron chi connectivity index (χ4n) is 0.757. The van der Waals surface area contributed by atoms with Gasteiger partial charge in [-0.3, -0.25) is 0 Å². The van der Waals surface area contributed by atoms with Gasteiger partial charge < -0.3 is 13.6 Å². The second-order valence-corrected chi connectivity index (χ2v) is 3.77. The lowest BCUT2D eigenvalue weighted by atomic mass is 10.3. The molecule has 2 atom stereocenters. The van der Waals surface area contributed by atoms with Gasteiger partial charge >= 0.3 is 8.60 Å². The SMILES string of the molecule is CCCOP1OCCC(C)O1. The van der Waals surface area contributed by atoms with E-state index in [2.05, 4.69) is 6.92 Å². The molecule has 1 saturated heterocycles. The molecule has 0 saturated carbocycles. The van der Waals surface area contributed by atoms with Crippen LogP contribution < -0.4 is 0 Å². The zero-order valence-corrected chi connectivity index (χ0v) is 7.97. The summed E-state index contributed by atoms with van der Waals surface area (Å²) in [5, 5.41) is 0. The number of rotatable bonds is 3. The van der Waals surface area contributed by atoms with Crippen LogP contribution >= 0.6 is 8.60 Å². The molecule has 0 aromatic rings. The van der Waals surface area contributed by atoms with Crippen molar-refractivity contribution in [1.82, 2.24) is 0 Å². The highest BCUT2D eigenvalue weighted by molar-refractivity contribution is 7.41. The first-order valence-electron chi connectivity index (χ1n) is 4.05. The van der Waals surface area contributed by atoms with Crippen LogP contribution in [0.15, 0.2) is 0 Å². The molecule has 3 nitrogen and oxygen atoms in total. The Bertz CT molecular complexity index is 110. The van der Waals surface area contributed by atoms with Crippen molar-refractivity contribution < 1.29 is 13.6 Å². The molecule has 1 heterocycles. The van der Waals surface area contributed by atoms with E-state index >= 15 is 0 Å². The Labute approximate surface area is 69.0 Å². The lowest BCUT2D eigenvalue weighted by molar-refractivity contribution is 0.0712. The molecule has 0 bridgehead atoms. The first-order valence-corrected chi connectivity index (χ1v) is 5.15. The second-order valence-electron chi connectivity index (χ2n) is 2.59. The van der Waals surface area contributed by atoms with Crippen molar-refractivity contribution in [2.45, 2.75) is 32.8 Å². The molecular formula is C7H15O3P. The first-order chi connectivity index (χ1) is 5.33. The maximum absolute atomic E-state index is 5.41. The summed E-state index contributed by atoms with van der Waals surface area (Å²) in [6, 6.07) is 0. The summed E-state index contributed by atoms with van der Waals surface area (Å²) in [7, 11) is -1.02. The molecule has 1 fully saturated rings. The van der Waals surface area contributed by atoms with E-state index in [4.69, 9.17) is 13.6 Å². The number of hydrogen-bond acceptors (Lipinski definition) is 3. The van der Waals surface area contributed by atoms with Gasteiger partial charge in [-0.05, 0) is 19.8 Å². The average Bonchev–Trinajstić information content (AvgIpc) is 2.01. The maximum atomic E-state index is 5.41. The van der Waals surface area contributed by atoms with E-state index in [1.54, 1.807) is 0 Å². The maximum Gasteiger partial charge on any atom is 0.332 e. The fourth-order valence-corrected chi connectivity index (χ4v) is 1.94. The highest BCUT2D eigenvalue weighted by Gasteiger charge is 2.21. The van der Waals surface area contributed by atoms with E-state index in [9.17, 15) is 0 Å². The highest BCUT2D eigenvalue weighted by atomic mass is 31.2. The lowest BCUT2D eigenvalue weighted by Crippen LogP contribution is -2.15. The molecule has 0 radical (unpaired) electrons. The zero-order chi connectivity index (χ0) is 8.10. The van der Waals surface area contributed by atoms with Crippen molar-refractivity contribution in [3.63, 3.8) is 0 Å². The summed E-state index contributed by atoms with van der Waals surface area (Å²) >= 11 is 0. The molecule has 2 unspecified atom stereocenters. The summed E-state index contributed by atoms with van der Waals surface area (Å²) in [4.78, 5) is 0. The Balaban J connectivity index is 2.12. The standard InChI is InChI=1S/C7H15O3P/c1-3-5-8-11-9-6-4-7(2)10-11/h7H,3-6H2,1-2H3. The van der Waals surface area contributed by atoms with Crippen molar-refractivity contribution in [2.24, 2.45) is 0 Å². The van der Waals surface area contributed by atoms with Gasteiger partial charge in [0.15, 0.2) is 0 Å². The van der Waals surface area contributed by atoms with Crippen LogP contribution in [0.25, 0.3) is 0 Å². The van der Waals surface area contributed by atoms with Crippen molar-refractivity contribution in [3.05, 3.63) is 0 Å². The molecule has 1 rings (SSSR count). The third-order valence-corrected chi connectivity index (χ3v) is 2.71. The van der Waals surface area contributed by atoms with Crippen molar-refractivity contribution in [1.29, 1.82) is 0 Å². The quantitative estimate of drug-likeness (QED) is 0.621. The predicted molar refractivity (Wildman–Crippen MR) is 44.3 cm³/mol. The van der Waals surface area contributed by atoms with Gasteiger partial charge in [-0.2, -0.15) is 0 Å². The third kappa shape index (κ3) is 3.48. The third-order valence-electron chi connectivity index (χ3n) is 1.39. The molecule has 1 aliphatic heterocycles. The molecule has 0 aromatic carbocycles. The molecule has 0 aliphatic carbocycles. The van der Waals surface area contributed by atoms with E-state index in [0.717, 1.165) is 26.1 Å². The molecule has 11 heavy (non-hydrogen) atoms. The molecule has 0 amide bonds.